The Hall–Kier alpha value is -2.96. The largest absolute Gasteiger partial charge is 0.493 e. The molecular weight excluding hydrogens is 397 g/mol. The zero-order valence-electron chi connectivity index (χ0n) is 17.2. The predicted octanol–water partition coefficient (Wildman–Crippen LogP) is 5.69. The third-order valence-electron chi connectivity index (χ3n) is 4.38. The number of methoxy groups -OCH3 is 1. The molecule has 162 valence electrons. The van der Waals surface area contributed by atoms with Crippen LogP contribution < -0.4 is 9.47 Å². The first-order chi connectivity index (χ1) is 14.3. The Bertz CT molecular complexity index is 871. The number of halogens is 3. The smallest absolute Gasteiger partial charge is 0.416 e. The lowest BCUT2D eigenvalue weighted by Gasteiger charge is -2.12. The second-order valence-corrected chi connectivity index (χ2v) is 6.45. The van der Waals surface area contributed by atoms with Gasteiger partial charge in [0, 0.05) is 12.0 Å². The summed E-state index contributed by atoms with van der Waals surface area (Å²) < 4.78 is 54.1. The molecule has 0 aliphatic carbocycles. The number of benzene rings is 2. The van der Waals surface area contributed by atoms with E-state index in [1.165, 1.54) is 19.2 Å². The van der Waals surface area contributed by atoms with Gasteiger partial charge >= 0.3 is 12.1 Å². The number of esters is 1. The highest BCUT2D eigenvalue weighted by molar-refractivity contribution is 5.93. The van der Waals surface area contributed by atoms with E-state index in [9.17, 15) is 18.0 Å². The summed E-state index contributed by atoms with van der Waals surface area (Å²) in [6.07, 6.45) is -1.66. The Labute approximate surface area is 174 Å². The Morgan fingerprint density at radius 1 is 1.03 bits per heavy atom. The van der Waals surface area contributed by atoms with Crippen molar-refractivity contribution >= 4 is 12.0 Å². The van der Waals surface area contributed by atoms with Crippen LogP contribution in [0.15, 0.2) is 48.0 Å². The van der Waals surface area contributed by atoms with E-state index in [0.29, 0.717) is 36.5 Å². The summed E-state index contributed by atoms with van der Waals surface area (Å²) in [7, 11) is 1.52. The molecule has 0 aliphatic heterocycles. The van der Waals surface area contributed by atoms with E-state index < -0.39 is 11.7 Å². The van der Waals surface area contributed by atoms with E-state index >= 15 is 0 Å². The first-order valence-electron chi connectivity index (χ1n) is 9.63. The lowest BCUT2D eigenvalue weighted by atomic mass is 10.1. The minimum atomic E-state index is -4.35. The van der Waals surface area contributed by atoms with Crippen molar-refractivity contribution in [2.24, 2.45) is 0 Å². The average molecular weight is 422 g/mol. The van der Waals surface area contributed by atoms with Crippen LogP contribution in [0.5, 0.6) is 11.5 Å². The van der Waals surface area contributed by atoms with Gasteiger partial charge in [0.05, 0.1) is 25.9 Å². The van der Waals surface area contributed by atoms with Crippen LogP contribution in [0, 0.1) is 0 Å². The molecule has 0 saturated heterocycles. The molecule has 0 atom stereocenters. The molecule has 0 aliphatic rings. The summed E-state index contributed by atoms with van der Waals surface area (Å²) in [6.45, 7) is 4.18. The van der Waals surface area contributed by atoms with E-state index in [1.807, 2.05) is 6.92 Å². The molecule has 0 spiro atoms. The van der Waals surface area contributed by atoms with Crippen LogP contribution in [-0.4, -0.2) is 26.3 Å². The van der Waals surface area contributed by atoms with Crippen molar-refractivity contribution in [1.29, 1.82) is 0 Å². The molecular formula is C23H25F3O4. The van der Waals surface area contributed by atoms with Gasteiger partial charge in [-0.15, -0.1) is 0 Å². The molecule has 0 saturated carbocycles. The lowest BCUT2D eigenvalue weighted by Crippen LogP contribution is -2.07. The number of ether oxygens (including phenoxy) is 3. The van der Waals surface area contributed by atoms with E-state index in [-0.39, 0.29) is 12.6 Å². The number of carbonyl (C=O) groups excluding carboxylic acids is 1. The first kappa shape index (κ1) is 23.3. The van der Waals surface area contributed by atoms with E-state index in [1.54, 1.807) is 31.2 Å². The fourth-order valence-electron chi connectivity index (χ4n) is 2.77. The van der Waals surface area contributed by atoms with Gasteiger partial charge in [-0.2, -0.15) is 13.2 Å². The summed E-state index contributed by atoms with van der Waals surface area (Å²) in [6, 6.07) is 10.3. The second kappa shape index (κ2) is 10.7. The maximum Gasteiger partial charge on any atom is 0.416 e. The van der Waals surface area contributed by atoms with Gasteiger partial charge in [-0.25, -0.2) is 4.79 Å². The zero-order valence-corrected chi connectivity index (χ0v) is 17.2. The minimum Gasteiger partial charge on any atom is -0.493 e. The highest BCUT2D eigenvalue weighted by atomic mass is 19.4. The third kappa shape index (κ3) is 6.54. The van der Waals surface area contributed by atoms with E-state index in [2.05, 4.69) is 0 Å². The monoisotopic (exact) mass is 422 g/mol. The summed E-state index contributed by atoms with van der Waals surface area (Å²) in [5.41, 5.74) is 1.35. The maximum absolute atomic E-state index is 12.7. The number of hydrogen-bond donors (Lipinski definition) is 0. The third-order valence-corrected chi connectivity index (χ3v) is 4.38. The Kier molecular flexibility index (Phi) is 8.33. The molecule has 0 heterocycles. The van der Waals surface area contributed by atoms with Gasteiger partial charge in [0.2, 0.25) is 0 Å². The second-order valence-electron chi connectivity index (χ2n) is 6.45. The van der Waals surface area contributed by atoms with Crippen molar-refractivity contribution in [2.75, 3.05) is 20.3 Å². The SMILES string of the molecule is CCOC(=O)/C(=C/c1ccc(OC)c(OCCc2ccc(C(F)(F)F)cc2)c1)CC. The van der Waals surface area contributed by atoms with Crippen LogP contribution in [-0.2, 0) is 22.1 Å². The normalized spacial score (nSPS) is 11.9. The molecule has 4 nitrogen and oxygen atoms in total. The molecule has 0 fully saturated rings. The van der Waals surface area contributed by atoms with E-state index in [0.717, 1.165) is 23.3 Å². The van der Waals surface area contributed by atoms with Crippen LogP contribution in [0.4, 0.5) is 13.2 Å². The summed E-state index contributed by atoms with van der Waals surface area (Å²) in [5.74, 6) is 0.645. The van der Waals surface area contributed by atoms with Gasteiger partial charge in [-0.05, 0) is 54.8 Å². The van der Waals surface area contributed by atoms with Gasteiger partial charge in [0.25, 0.3) is 0 Å². The van der Waals surface area contributed by atoms with Crippen LogP contribution in [0.3, 0.4) is 0 Å². The van der Waals surface area contributed by atoms with Gasteiger partial charge in [-0.1, -0.05) is 25.1 Å². The fourth-order valence-corrected chi connectivity index (χ4v) is 2.77. The van der Waals surface area contributed by atoms with Crippen molar-refractivity contribution in [3.8, 4) is 11.5 Å². The summed E-state index contributed by atoms with van der Waals surface area (Å²) >= 11 is 0. The quantitative estimate of drug-likeness (QED) is 0.385. The number of carbonyl (C=O) groups is 1. The van der Waals surface area contributed by atoms with E-state index in [4.69, 9.17) is 14.2 Å². The molecule has 2 aromatic rings. The van der Waals surface area contributed by atoms with Crippen LogP contribution >= 0.6 is 0 Å². The molecule has 0 N–H and O–H groups in total. The number of alkyl halides is 3. The van der Waals surface area contributed by atoms with Crippen molar-refractivity contribution in [3.63, 3.8) is 0 Å². The molecule has 2 rings (SSSR count). The fraction of sp³-hybridized carbons (Fsp3) is 0.348. The first-order valence-corrected chi connectivity index (χ1v) is 9.63. The molecule has 0 unspecified atom stereocenters. The Morgan fingerprint density at radius 3 is 2.30 bits per heavy atom. The molecule has 0 aromatic heterocycles. The highest BCUT2D eigenvalue weighted by Crippen LogP contribution is 2.30. The maximum atomic E-state index is 12.7. The number of hydrogen-bond acceptors (Lipinski definition) is 4. The van der Waals surface area contributed by atoms with Crippen molar-refractivity contribution < 1.29 is 32.2 Å². The van der Waals surface area contributed by atoms with Gasteiger partial charge < -0.3 is 14.2 Å². The minimum absolute atomic E-state index is 0.257. The van der Waals surface area contributed by atoms with Crippen LogP contribution in [0.2, 0.25) is 0 Å². The topological polar surface area (TPSA) is 44.8 Å². The molecule has 2 aromatic carbocycles. The molecule has 0 radical (unpaired) electrons. The number of rotatable bonds is 9. The van der Waals surface area contributed by atoms with Crippen molar-refractivity contribution in [3.05, 3.63) is 64.7 Å². The van der Waals surface area contributed by atoms with Gasteiger partial charge in [0.1, 0.15) is 0 Å². The Balaban J connectivity index is 2.09. The zero-order chi connectivity index (χ0) is 22.1. The summed E-state index contributed by atoms with van der Waals surface area (Å²) in [4.78, 5) is 12.0. The molecule has 0 bridgehead atoms. The highest BCUT2D eigenvalue weighted by Gasteiger charge is 2.29. The molecule has 0 amide bonds. The molecule has 7 heteroatoms. The van der Waals surface area contributed by atoms with Crippen molar-refractivity contribution in [1.82, 2.24) is 0 Å². The average Bonchev–Trinajstić information content (AvgIpc) is 2.72. The van der Waals surface area contributed by atoms with Crippen molar-refractivity contribution in [2.45, 2.75) is 32.9 Å². The lowest BCUT2D eigenvalue weighted by molar-refractivity contribution is -0.139. The standard InChI is InChI=1S/C23H25F3O4/c1-4-18(22(27)29-5-2)14-17-8-11-20(28-3)21(15-17)30-13-12-16-6-9-19(10-7-16)23(24,25)26/h6-11,14-15H,4-5,12-13H2,1-3H3/b18-14+. The van der Waals surface area contributed by atoms with Crippen LogP contribution in [0.25, 0.3) is 6.08 Å². The van der Waals surface area contributed by atoms with Gasteiger partial charge in [-0.3, -0.25) is 0 Å². The predicted molar refractivity (Wildman–Crippen MR) is 109 cm³/mol. The Morgan fingerprint density at radius 2 is 1.73 bits per heavy atom. The van der Waals surface area contributed by atoms with Gasteiger partial charge in [0.15, 0.2) is 11.5 Å². The molecule has 30 heavy (non-hydrogen) atoms. The van der Waals surface area contributed by atoms with Crippen LogP contribution in [0.1, 0.15) is 37.0 Å². The summed E-state index contributed by atoms with van der Waals surface area (Å²) in [5, 5.41) is 0.